The van der Waals surface area contributed by atoms with E-state index in [1.54, 1.807) is 30.3 Å². The van der Waals surface area contributed by atoms with Gasteiger partial charge in [-0.05, 0) is 11.6 Å². The molecule has 2 aromatic rings. The van der Waals surface area contributed by atoms with Crippen LogP contribution in [-0.4, -0.2) is 5.97 Å². The topological polar surface area (TPSA) is 26.3 Å². The Kier molecular flexibility index (Phi) is 1.77. The minimum absolute atomic E-state index is 0.431. The molecule has 1 aliphatic heterocycles. The lowest BCUT2D eigenvalue weighted by Crippen LogP contribution is -1.99. The summed E-state index contributed by atoms with van der Waals surface area (Å²) < 4.78 is 13.6. The van der Waals surface area contributed by atoms with Gasteiger partial charge in [-0.2, -0.15) is 0 Å². The molecular formula is C14H10O2. The first-order valence-corrected chi connectivity index (χ1v) is 5.10. The van der Waals surface area contributed by atoms with Crippen LogP contribution in [0.15, 0.2) is 54.6 Å². The number of ether oxygens (including phenoxy) is 1. The molecule has 1 atom stereocenters. The number of cyclic esters (lactones) is 1. The summed E-state index contributed by atoms with van der Waals surface area (Å²) in [4.78, 5) is 11.7. The Labute approximate surface area is 94.9 Å². The number of esters is 1. The zero-order valence-corrected chi connectivity index (χ0v) is 8.51. The minimum Gasteiger partial charge on any atom is -0.449 e. The molecule has 1 unspecified atom stereocenters. The maximum atomic E-state index is 11.7. The highest BCUT2D eigenvalue weighted by Crippen LogP contribution is 2.35. The molecule has 0 radical (unpaired) electrons. The van der Waals surface area contributed by atoms with Crippen LogP contribution >= 0.6 is 0 Å². The maximum absolute atomic E-state index is 11.7. The molecule has 0 bridgehead atoms. The van der Waals surface area contributed by atoms with E-state index < -0.39 is 12.0 Å². The summed E-state index contributed by atoms with van der Waals surface area (Å²) in [6.45, 7) is 0. The molecule has 2 heteroatoms. The summed E-state index contributed by atoms with van der Waals surface area (Å²) in [5.74, 6) is -0.431. The SMILES string of the molecule is [2H]C1(c2ccccc2)OC(=O)c2ccccc21. The van der Waals surface area contributed by atoms with Crippen LogP contribution in [0.2, 0.25) is 0 Å². The highest BCUT2D eigenvalue weighted by molar-refractivity contribution is 5.94. The maximum Gasteiger partial charge on any atom is 0.339 e. The Morgan fingerprint density at radius 1 is 1.00 bits per heavy atom. The van der Waals surface area contributed by atoms with Crippen LogP contribution in [0.4, 0.5) is 0 Å². The summed E-state index contributed by atoms with van der Waals surface area (Å²) in [6.07, 6.45) is -1.41. The number of hydrogen-bond acceptors (Lipinski definition) is 2. The van der Waals surface area contributed by atoms with Gasteiger partial charge in [0.1, 0.15) is 0 Å². The van der Waals surface area contributed by atoms with Crippen molar-refractivity contribution in [2.24, 2.45) is 0 Å². The van der Waals surface area contributed by atoms with E-state index in [1.807, 2.05) is 24.3 Å². The average Bonchev–Trinajstić information content (AvgIpc) is 2.65. The van der Waals surface area contributed by atoms with Gasteiger partial charge in [0, 0.05) is 5.56 Å². The molecule has 0 N–H and O–H groups in total. The summed E-state index contributed by atoms with van der Waals surface area (Å²) in [6, 6.07) is 16.2. The number of carbonyl (C=O) groups excluding carboxylic acids is 1. The lowest BCUT2D eigenvalue weighted by atomic mass is 9.99. The van der Waals surface area contributed by atoms with Crippen molar-refractivity contribution in [2.75, 3.05) is 0 Å². The highest BCUT2D eigenvalue weighted by Gasteiger charge is 2.31. The van der Waals surface area contributed by atoms with E-state index in [0.717, 1.165) is 0 Å². The molecule has 0 amide bonds. The van der Waals surface area contributed by atoms with Gasteiger partial charge in [0.25, 0.3) is 0 Å². The molecule has 1 aliphatic rings. The molecule has 0 spiro atoms. The van der Waals surface area contributed by atoms with Crippen LogP contribution in [0, 0.1) is 0 Å². The van der Waals surface area contributed by atoms with Crippen LogP contribution in [0.1, 0.15) is 28.9 Å². The Hall–Kier alpha value is -2.09. The molecule has 0 aromatic heterocycles. The summed E-state index contributed by atoms with van der Waals surface area (Å²) in [5.41, 5.74) is 1.75. The fraction of sp³-hybridized carbons (Fsp3) is 0.0714. The van der Waals surface area contributed by atoms with Crippen molar-refractivity contribution < 1.29 is 10.9 Å². The fourth-order valence-corrected chi connectivity index (χ4v) is 1.87. The monoisotopic (exact) mass is 211 g/mol. The van der Waals surface area contributed by atoms with Crippen molar-refractivity contribution in [3.63, 3.8) is 0 Å². The minimum atomic E-state index is -1.41. The second-order valence-electron chi connectivity index (χ2n) is 3.63. The number of benzene rings is 2. The van der Waals surface area contributed by atoms with Gasteiger partial charge in [-0.1, -0.05) is 48.5 Å². The van der Waals surface area contributed by atoms with Gasteiger partial charge < -0.3 is 4.74 Å². The quantitative estimate of drug-likeness (QED) is 0.678. The number of rotatable bonds is 1. The van der Waals surface area contributed by atoms with Crippen molar-refractivity contribution in [3.05, 3.63) is 71.3 Å². The summed E-state index contributed by atoms with van der Waals surface area (Å²) >= 11 is 0. The lowest BCUT2D eigenvalue weighted by Gasteiger charge is -2.10. The molecule has 16 heavy (non-hydrogen) atoms. The summed E-state index contributed by atoms with van der Waals surface area (Å²) in [7, 11) is 0. The van der Waals surface area contributed by atoms with Gasteiger partial charge >= 0.3 is 5.97 Å². The molecule has 3 rings (SSSR count). The Morgan fingerprint density at radius 2 is 1.69 bits per heavy atom. The van der Waals surface area contributed by atoms with Crippen LogP contribution in [0.25, 0.3) is 0 Å². The van der Waals surface area contributed by atoms with Gasteiger partial charge in [-0.15, -0.1) is 0 Å². The van der Waals surface area contributed by atoms with E-state index in [0.29, 0.717) is 16.7 Å². The van der Waals surface area contributed by atoms with E-state index in [9.17, 15) is 4.79 Å². The molecular weight excluding hydrogens is 200 g/mol. The summed E-state index contributed by atoms with van der Waals surface area (Å²) in [5, 5.41) is 0. The Morgan fingerprint density at radius 3 is 2.50 bits per heavy atom. The fourth-order valence-electron chi connectivity index (χ4n) is 1.87. The van der Waals surface area contributed by atoms with Gasteiger partial charge in [0.05, 0.1) is 6.93 Å². The molecule has 0 fully saturated rings. The van der Waals surface area contributed by atoms with Crippen LogP contribution in [-0.2, 0) is 4.74 Å². The van der Waals surface area contributed by atoms with Gasteiger partial charge in [0.2, 0.25) is 0 Å². The van der Waals surface area contributed by atoms with Gasteiger partial charge in [0.15, 0.2) is 6.08 Å². The molecule has 2 nitrogen and oxygen atoms in total. The predicted octanol–water partition coefficient (Wildman–Crippen LogP) is 2.95. The number of carbonyl (C=O) groups is 1. The second-order valence-corrected chi connectivity index (χ2v) is 3.63. The lowest BCUT2D eigenvalue weighted by molar-refractivity contribution is 0.0456. The van der Waals surface area contributed by atoms with Crippen LogP contribution < -0.4 is 0 Å². The third-order valence-electron chi connectivity index (χ3n) is 2.62. The number of fused-ring (bicyclic) bond motifs is 1. The van der Waals surface area contributed by atoms with E-state index in [1.165, 1.54) is 0 Å². The number of hydrogen-bond donors (Lipinski definition) is 0. The molecule has 78 valence electrons. The Balaban J connectivity index is 2.21. The molecule has 2 aromatic carbocycles. The van der Waals surface area contributed by atoms with E-state index >= 15 is 0 Å². The molecule has 1 heterocycles. The average molecular weight is 211 g/mol. The van der Waals surface area contributed by atoms with Crippen molar-refractivity contribution in [3.8, 4) is 0 Å². The van der Waals surface area contributed by atoms with Crippen LogP contribution in [0.3, 0.4) is 0 Å². The van der Waals surface area contributed by atoms with E-state index in [4.69, 9.17) is 6.11 Å². The second kappa shape index (κ2) is 3.49. The standard InChI is InChI=1S/C14H10O2/c15-14-12-9-5-4-8-11(12)13(16-14)10-6-2-1-3-7-10/h1-9,13H/i13D. The van der Waals surface area contributed by atoms with Crippen LogP contribution in [0.5, 0.6) is 0 Å². The third-order valence-corrected chi connectivity index (χ3v) is 2.62. The van der Waals surface area contributed by atoms with Crippen molar-refractivity contribution in [1.82, 2.24) is 0 Å². The smallest absolute Gasteiger partial charge is 0.339 e. The molecule has 0 saturated heterocycles. The van der Waals surface area contributed by atoms with E-state index in [-0.39, 0.29) is 0 Å². The molecule has 0 aliphatic carbocycles. The largest absolute Gasteiger partial charge is 0.449 e. The van der Waals surface area contributed by atoms with Crippen molar-refractivity contribution in [1.29, 1.82) is 0 Å². The predicted molar refractivity (Wildman–Crippen MR) is 60.1 cm³/mol. The van der Waals surface area contributed by atoms with E-state index in [2.05, 4.69) is 0 Å². The first-order valence-electron chi connectivity index (χ1n) is 5.60. The Bertz CT molecular complexity index is 580. The third kappa shape index (κ3) is 1.31. The van der Waals surface area contributed by atoms with Crippen molar-refractivity contribution in [2.45, 2.75) is 6.08 Å². The van der Waals surface area contributed by atoms with Gasteiger partial charge in [-0.3, -0.25) is 0 Å². The van der Waals surface area contributed by atoms with Gasteiger partial charge in [-0.25, -0.2) is 4.79 Å². The van der Waals surface area contributed by atoms with Crippen molar-refractivity contribution >= 4 is 5.97 Å². The zero-order valence-electron chi connectivity index (χ0n) is 9.51. The zero-order chi connectivity index (χ0) is 11.9. The first kappa shape index (κ1) is 8.11. The highest BCUT2D eigenvalue weighted by atomic mass is 16.5. The molecule has 0 saturated carbocycles. The normalized spacial score (nSPS) is 23.5. The first-order chi connectivity index (χ1) is 8.22.